The molecule has 1 saturated carbocycles. The second kappa shape index (κ2) is 10.6. The van der Waals surface area contributed by atoms with Crippen molar-refractivity contribution < 1.29 is 27.9 Å². The maximum absolute atomic E-state index is 13.5. The fraction of sp³-hybridized carbons (Fsp3) is 0.577. The van der Waals surface area contributed by atoms with Gasteiger partial charge in [-0.25, -0.2) is 0 Å². The molecule has 2 saturated heterocycles. The minimum absolute atomic E-state index is 0. The molecule has 2 aliphatic heterocycles. The van der Waals surface area contributed by atoms with Gasteiger partial charge < -0.3 is 10.0 Å². The number of aromatic nitrogens is 2. The van der Waals surface area contributed by atoms with Crippen molar-refractivity contribution in [3.63, 3.8) is 0 Å². The molecule has 1 unspecified atom stereocenters. The second-order valence-corrected chi connectivity index (χ2v) is 10.3. The van der Waals surface area contributed by atoms with Crippen LogP contribution in [0.25, 0.3) is 0 Å². The van der Waals surface area contributed by atoms with Crippen LogP contribution < -0.4 is 0 Å². The van der Waals surface area contributed by atoms with E-state index in [9.17, 15) is 27.9 Å². The molecule has 0 radical (unpaired) electrons. The third-order valence-corrected chi connectivity index (χ3v) is 7.96. The van der Waals surface area contributed by atoms with E-state index >= 15 is 0 Å². The average molecular weight is 541 g/mol. The lowest BCUT2D eigenvalue weighted by Gasteiger charge is -2.35. The molecule has 1 aliphatic carbocycles. The number of carboxylic acids is 1. The number of amides is 1. The van der Waals surface area contributed by atoms with Crippen molar-refractivity contribution in [3.8, 4) is 0 Å². The van der Waals surface area contributed by atoms with Crippen molar-refractivity contribution >= 4 is 24.3 Å². The summed E-state index contributed by atoms with van der Waals surface area (Å²) in [6.45, 7) is 3.66. The zero-order chi connectivity index (χ0) is 25.6. The quantitative estimate of drug-likeness (QED) is 0.561. The molecule has 7 nitrogen and oxygen atoms in total. The molecule has 3 heterocycles. The third kappa shape index (κ3) is 5.50. The lowest BCUT2D eigenvalue weighted by molar-refractivity contribution is -0.143. The van der Waals surface area contributed by atoms with Gasteiger partial charge in [-0.1, -0.05) is 18.2 Å². The van der Waals surface area contributed by atoms with Gasteiger partial charge in [0.25, 0.3) is 5.91 Å². The fourth-order valence-corrected chi connectivity index (χ4v) is 5.75. The minimum Gasteiger partial charge on any atom is -0.480 e. The highest BCUT2D eigenvalue weighted by Gasteiger charge is 2.40. The molecule has 0 spiro atoms. The van der Waals surface area contributed by atoms with Crippen molar-refractivity contribution in [1.82, 2.24) is 19.6 Å². The molecule has 1 aromatic carbocycles. The molecule has 5 rings (SSSR count). The van der Waals surface area contributed by atoms with Crippen LogP contribution in [0.4, 0.5) is 13.2 Å². The van der Waals surface area contributed by atoms with Gasteiger partial charge in [0.1, 0.15) is 6.04 Å². The van der Waals surface area contributed by atoms with Gasteiger partial charge in [-0.3, -0.25) is 19.2 Å². The number of likely N-dealkylation sites (tertiary alicyclic amines) is 2. The number of nitrogens with zero attached hydrogens (tertiary/aromatic N) is 4. The van der Waals surface area contributed by atoms with Crippen molar-refractivity contribution in [2.24, 2.45) is 0 Å². The predicted molar refractivity (Wildman–Crippen MR) is 133 cm³/mol. The van der Waals surface area contributed by atoms with Crippen molar-refractivity contribution in [2.75, 3.05) is 26.2 Å². The SMILES string of the molecule is CC(C(=O)O)N1CCC(n2ncc(C(=O)N3CC[C@@H](c4ccccc4C(F)(F)F)C3)c2C2CC2)CC1.Cl. The Kier molecular flexibility index (Phi) is 7.90. The highest BCUT2D eigenvalue weighted by atomic mass is 35.5. The van der Waals surface area contributed by atoms with Gasteiger partial charge in [-0.15, -0.1) is 12.4 Å². The molecule has 11 heteroatoms. The smallest absolute Gasteiger partial charge is 0.416 e. The predicted octanol–water partition coefficient (Wildman–Crippen LogP) is 4.94. The summed E-state index contributed by atoms with van der Waals surface area (Å²) in [4.78, 5) is 28.5. The molecule has 1 amide bonds. The maximum Gasteiger partial charge on any atom is 0.416 e. The van der Waals surface area contributed by atoms with Crippen molar-refractivity contribution in [1.29, 1.82) is 0 Å². The van der Waals surface area contributed by atoms with E-state index in [0.717, 1.165) is 37.4 Å². The lowest BCUT2D eigenvalue weighted by Crippen LogP contribution is -2.44. The molecular weight excluding hydrogens is 509 g/mol. The molecule has 37 heavy (non-hydrogen) atoms. The van der Waals surface area contributed by atoms with Crippen LogP contribution in [-0.4, -0.2) is 68.8 Å². The summed E-state index contributed by atoms with van der Waals surface area (Å²) in [7, 11) is 0. The number of carbonyl (C=O) groups excluding carboxylic acids is 1. The Morgan fingerprint density at radius 3 is 2.32 bits per heavy atom. The second-order valence-electron chi connectivity index (χ2n) is 10.3. The Morgan fingerprint density at radius 1 is 1.03 bits per heavy atom. The van der Waals surface area contributed by atoms with Crippen LogP contribution in [0.2, 0.25) is 0 Å². The van der Waals surface area contributed by atoms with Gasteiger partial charge in [0.05, 0.1) is 29.1 Å². The summed E-state index contributed by atoms with van der Waals surface area (Å²) in [6.07, 6.45) is 1.18. The molecule has 1 aromatic heterocycles. The molecule has 2 aromatic rings. The van der Waals surface area contributed by atoms with Crippen LogP contribution in [0.3, 0.4) is 0 Å². The van der Waals surface area contributed by atoms with Crippen LogP contribution in [-0.2, 0) is 11.0 Å². The Hall–Kier alpha value is -2.59. The number of hydrogen-bond donors (Lipinski definition) is 1. The van der Waals surface area contributed by atoms with Crippen LogP contribution in [0.1, 0.15) is 84.1 Å². The van der Waals surface area contributed by atoms with Crippen LogP contribution in [0.15, 0.2) is 30.5 Å². The Labute approximate surface area is 220 Å². The van der Waals surface area contributed by atoms with E-state index in [-0.39, 0.29) is 48.3 Å². The number of halogens is 4. The van der Waals surface area contributed by atoms with Crippen molar-refractivity contribution in [2.45, 2.75) is 69.1 Å². The number of aliphatic carboxylic acids is 1. The van der Waals surface area contributed by atoms with E-state index in [2.05, 4.69) is 5.10 Å². The molecule has 1 N–H and O–H groups in total. The van der Waals surface area contributed by atoms with E-state index in [1.807, 2.05) is 9.58 Å². The first kappa shape index (κ1) is 27.4. The monoisotopic (exact) mass is 540 g/mol. The van der Waals surface area contributed by atoms with Gasteiger partial charge in [-0.2, -0.15) is 18.3 Å². The highest BCUT2D eigenvalue weighted by molar-refractivity contribution is 5.95. The molecule has 0 bridgehead atoms. The van der Waals surface area contributed by atoms with Gasteiger partial charge in [0.2, 0.25) is 0 Å². The topological polar surface area (TPSA) is 78.7 Å². The number of hydrogen-bond acceptors (Lipinski definition) is 4. The van der Waals surface area contributed by atoms with Crippen LogP contribution in [0, 0.1) is 0 Å². The lowest BCUT2D eigenvalue weighted by atomic mass is 9.93. The van der Waals surface area contributed by atoms with E-state index in [1.54, 1.807) is 24.1 Å². The largest absolute Gasteiger partial charge is 0.480 e. The molecular formula is C26H32ClF3N4O3. The Bertz CT molecular complexity index is 1140. The molecule has 3 aliphatic rings. The fourth-order valence-electron chi connectivity index (χ4n) is 5.75. The number of carbonyl (C=O) groups is 2. The summed E-state index contributed by atoms with van der Waals surface area (Å²) in [5, 5.41) is 13.9. The number of benzene rings is 1. The molecule has 3 fully saturated rings. The number of alkyl halides is 3. The summed E-state index contributed by atoms with van der Waals surface area (Å²) in [5.74, 6) is -1.08. The van der Waals surface area contributed by atoms with Gasteiger partial charge in [-0.05, 0) is 50.7 Å². The molecule has 202 valence electrons. The summed E-state index contributed by atoms with van der Waals surface area (Å²) < 4.78 is 42.6. The number of carboxylic acid groups (broad SMARTS) is 1. The molecule has 2 atom stereocenters. The minimum atomic E-state index is -4.42. The first-order chi connectivity index (χ1) is 17.1. The van der Waals surface area contributed by atoms with E-state index in [1.165, 1.54) is 12.1 Å². The van der Waals surface area contributed by atoms with E-state index in [0.29, 0.717) is 31.6 Å². The first-order valence-electron chi connectivity index (χ1n) is 12.6. The van der Waals surface area contributed by atoms with Crippen molar-refractivity contribution in [3.05, 3.63) is 52.8 Å². The van der Waals surface area contributed by atoms with Gasteiger partial charge in [0.15, 0.2) is 0 Å². The number of rotatable bonds is 6. The normalized spacial score (nSPS) is 22.1. The maximum atomic E-state index is 13.5. The standard InChI is InChI=1S/C26H31F3N4O3.ClH/c1-16(25(35)36)31-12-9-19(10-13-31)33-23(17-6-7-17)21(14-30-33)24(34)32-11-8-18(15-32)20-4-2-3-5-22(20)26(27,28)29;/h2-5,14,16-19H,6-13,15H2,1H3,(H,35,36);1H/t16?,18-;/m1./s1. The zero-order valence-electron chi connectivity index (χ0n) is 20.7. The summed E-state index contributed by atoms with van der Waals surface area (Å²) in [6, 6.07) is 5.21. The number of piperidine rings is 1. The highest BCUT2D eigenvalue weighted by Crippen LogP contribution is 2.44. The van der Waals surface area contributed by atoms with Gasteiger partial charge >= 0.3 is 12.1 Å². The third-order valence-electron chi connectivity index (χ3n) is 7.96. The zero-order valence-corrected chi connectivity index (χ0v) is 21.5. The average Bonchev–Trinajstić information content (AvgIpc) is 3.40. The summed E-state index contributed by atoms with van der Waals surface area (Å²) in [5.41, 5.74) is 1.12. The first-order valence-corrected chi connectivity index (χ1v) is 12.6. The Balaban J connectivity index is 0.00000320. The van der Waals surface area contributed by atoms with Crippen LogP contribution >= 0.6 is 12.4 Å². The summed E-state index contributed by atoms with van der Waals surface area (Å²) >= 11 is 0. The van der Waals surface area contributed by atoms with E-state index in [4.69, 9.17) is 0 Å². The van der Waals surface area contributed by atoms with Gasteiger partial charge in [0, 0.05) is 38.0 Å². The van der Waals surface area contributed by atoms with E-state index < -0.39 is 23.8 Å². The Morgan fingerprint density at radius 2 is 1.70 bits per heavy atom. The van der Waals surface area contributed by atoms with Crippen LogP contribution in [0.5, 0.6) is 0 Å².